The van der Waals surface area contributed by atoms with Gasteiger partial charge >= 0.3 is 0 Å². The molecular weight excluding hydrogens is 230 g/mol. The molecule has 92 valence electrons. The third-order valence-electron chi connectivity index (χ3n) is 2.35. The number of nitrogens with zero attached hydrogens (tertiary/aromatic N) is 3. The van der Waals surface area contributed by atoms with E-state index in [4.69, 9.17) is 5.73 Å². The van der Waals surface area contributed by atoms with Crippen LogP contribution in [-0.2, 0) is 11.2 Å². The summed E-state index contributed by atoms with van der Waals surface area (Å²) in [6, 6.07) is 8.94. The van der Waals surface area contributed by atoms with E-state index in [1.165, 1.54) is 12.4 Å². The SMILES string of the molecule is N[C@@H](Cc1ccccc1)C(=O)Nc1nccnn1. The molecule has 2 aromatic rings. The Morgan fingerprint density at radius 3 is 2.72 bits per heavy atom. The Kier molecular flexibility index (Phi) is 3.93. The summed E-state index contributed by atoms with van der Waals surface area (Å²) in [7, 11) is 0. The van der Waals surface area contributed by atoms with Crippen LogP contribution in [0.5, 0.6) is 0 Å². The molecule has 0 spiro atoms. The van der Waals surface area contributed by atoms with Crippen LogP contribution in [0.4, 0.5) is 5.95 Å². The number of aromatic nitrogens is 3. The molecule has 0 bridgehead atoms. The highest BCUT2D eigenvalue weighted by Gasteiger charge is 2.15. The van der Waals surface area contributed by atoms with Crippen LogP contribution < -0.4 is 11.1 Å². The zero-order valence-electron chi connectivity index (χ0n) is 9.65. The third kappa shape index (κ3) is 3.33. The van der Waals surface area contributed by atoms with Crippen molar-refractivity contribution in [3.8, 4) is 0 Å². The molecule has 1 aromatic carbocycles. The van der Waals surface area contributed by atoms with Gasteiger partial charge in [0.2, 0.25) is 11.9 Å². The average molecular weight is 243 g/mol. The van der Waals surface area contributed by atoms with Crippen LogP contribution in [0, 0.1) is 0 Å². The fraction of sp³-hybridized carbons (Fsp3) is 0.167. The smallest absolute Gasteiger partial charge is 0.249 e. The van der Waals surface area contributed by atoms with E-state index in [2.05, 4.69) is 20.5 Å². The Balaban J connectivity index is 1.93. The highest BCUT2D eigenvalue weighted by molar-refractivity contribution is 5.93. The third-order valence-corrected chi connectivity index (χ3v) is 2.35. The second kappa shape index (κ2) is 5.83. The van der Waals surface area contributed by atoms with Gasteiger partial charge in [0.15, 0.2) is 0 Å². The van der Waals surface area contributed by atoms with Crippen LogP contribution in [0.1, 0.15) is 5.56 Å². The molecule has 1 heterocycles. The topological polar surface area (TPSA) is 93.8 Å². The van der Waals surface area contributed by atoms with Gasteiger partial charge in [-0.3, -0.25) is 10.1 Å². The molecule has 0 aliphatic carbocycles. The first-order chi connectivity index (χ1) is 8.75. The molecule has 0 aliphatic rings. The molecule has 1 atom stereocenters. The van der Waals surface area contributed by atoms with Crippen molar-refractivity contribution in [1.29, 1.82) is 0 Å². The lowest BCUT2D eigenvalue weighted by Crippen LogP contribution is -2.37. The van der Waals surface area contributed by atoms with E-state index >= 15 is 0 Å². The van der Waals surface area contributed by atoms with Crippen molar-refractivity contribution in [2.75, 3.05) is 5.32 Å². The van der Waals surface area contributed by atoms with Gasteiger partial charge in [0.25, 0.3) is 0 Å². The number of nitrogens with two attached hydrogens (primary N) is 1. The number of amides is 1. The van der Waals surface area contributed by atoms with Gasteiger partial charge < -0.3 is 5.73 Å². The number of nitrogens with one attached hydrogen (secondary N) is 1. The van der Waals surface area contributed by atoms with Crippen LogP contribution in [0.2, 0.25) is 0 Å². The molecule has 1 aromatic heterocycles. The van der Waals surface area contributed by atoms with E-state index in [1.54, 1.807) is 0 Å². The van der Waals surface area contributed by atoms with Gasteiger partial charge in [-0.15, -0.1) is 5.10 Å². The van der Waals surface area contributed by atoms with Crippen LogP contribution >= 0.6 is 0 Å². The van der Waals surface area contributed by atoms with E-state index in [0.29, 0.717) is 6.42 Å². The van der Waals surface area contributed by atoms with Crippen molar-refractivity contribution in [3.63, 3.8) is 0 Å². The molecule has 0 saturated carbocycles. The summed E-state index contributed by atoms with van der Waals surface area (Å²) in [5.41, 5.74) is 6.82. The quantitative estimate of drug-likeness (QED) is 0.809. The fourth-order valence-electron chi connectivity index (χ4n) is 1.47. The van der Waals surface area contributed by atoms with Crippen molar-refractivity contribution in [1.82, 2.24) is 15.2 Å². The molecule has 18 heavy (non-hydrogen) atoms. The monoisotopic (exact) mass is 243 g/mol. The number of hydrogen-bond acceptors (Lipinski definition) is 5. The lowest BCUT2D eigenvalue weighted by Gasteiger charge is -2.10. The molecule has 0 radical (unpaired) electrons. The summed E-state index contributed by atoms with van der Waals surface area (Å²) in [5.74, 6) is -0.169. The molecule has 0 aliphatic heterocycles. The number of hydrogen-bond donors (Lipinski definition) is 2. The fourth-order valence-corrected chi connectivity index (χ4v) is 1.47. The second-order valence-corrected chi connectivity index (χ2v) is 3.75. The molecular formula is C12H13N5O. The predicted octanol–water partition coefficient (Wildman–Crippen LogP) is 0.380. The van der Waals surface area contributed by atoms with E-state index in [-0.39, 0.29) is 11.9 Å². The minimum Gasteiger partial charge on any atom is -0.320 e. The summed E-state index contributed by atoms with van der Waals surface area (Å²) < 4.78 is 0. The van der Waals surface area contributed by atoms with Crippen molar-refractivity contribution < 1.29 is 4.79 Å². The summed E-state index contributed by atoms with van der Waals surface area (Å²) in [4.78, 5) is 15.6. The Morgan fingerprint density at radius 2 is 2.06 bits per heavy atom. The van der Waals surface area contributed by atoms with Gasteiger partial charge in [-0.1, -0.05) is 30.3 Å². The Hall–Kier alpha value is -2.34. The number of carbonyl (C=O) groups is 1. The Labute approximate surface area is 104 Å². The maximum atomic E-state index is 11.8. The van der Waals surface area contributed by atoms with Gasteiger partial charge in [-0.05, 0) is 12.0 Å². The van der Waals surface area contributed by atoms with Crippen molar-refractivity contribution in [3.05, 3.63) is 48.3 Å². The highest BCUT2D eigenvalue weighted by atomic mass is 16.2. The largest absolute Gasteiger partial charge is 0.320 e. The van der Waals surface area contributed by atoms with E-state index in [1.807, 2.05) is 30.3 Å². The Bertz CT molecular complexity index is 502. The number of anilines is 1. The van der Waals surface area contributed by atoms with Gasteiger partial charge in [0, 0.05) is 0 Å². The zero-order valence-corrected chi connectivity index (χ0v) is 9.65. The Morgan fingerprint density at radius 1 is 1.28 bits per heavy atom. The molecule has 2 rings (SSSR count). The molecule has 0 fully saturated rings. The minimum atomic E-state index is -0.642. The maximum Gasteiger partial charge on any atom is 0.249 e. The number of benzene rings is 1. The van der Waals surface area contributed by atoms with Gasteiger partial charge in [0.1, 0.15) is 0 Å². The lowest BCUT2D eigenvalue weighted by atomic mass is 10.1. The molecule has 3 N–H and O–H groups in total. The van der Waals surface area contributed by atoms with Crippen molar-refractivity contribution in [2.45, 2.75) is 12.5 Å². The van der Waals surface area contributed by atoms with Gasteiger partial charge in [-0.2, -0.15) is 5.10 Å². The van der Waals surface area contributed by atoms with Crippen LogP contribution in [0.3, 0.4) is 0 Å². The first-order valence-electron chi connectivity index (χ1n) is 5.50. The number of rotatable bonds is 4. The zero-order chi connectivity index (χ0) is 12.8. The molecule has 0 saturated heterocycles. The van der Waals surface area contributed by atoms with E-state index in [9.17, 15) is 4.79 Å². The summed E-state index contributed by atoms with van der Waals surface area (Å²) in [6.45, 7) is 0. The normalized spacial score (nSPS) is 11.8. The summed E-state index contributed by atoms with van der Waals surface area (Å²) >= 11 is 0. The van der Waals surface area contributed by atoms with Crippen LogP contribution in [-0.4, -0.2) is 27.1 Å². The highest BCUT2D eigenvalue weighted by Crippen LogP contribution is 2.03. The number of carbonyl (C=O) groups excluding carboxylic acids is 1. The van der Waals surface area contributed by atoms with E-state index < -0.39 is 6.04 Å². The molecule has 6 nitrogen and oxygen atoms in total. The first kappa shape index (κ1) is 12.1. The van der Waals surface area contributed by atoms with Gasteiger partial charge in [-0.25, -0.2) is 4.98 Å². The molecule has 6 heteroatoms. The average Bonchev–Trinajstić information content (AvgIpc) is 2.41. The minimum absolute atomic E-state index is 0.158. The molecule has 1 amide bonds. The second-order valence-electron chi connectivity index (χ2n) is 3.75. The van der Waals surface area contributed by atoms with Crippen LogP contribution in [0.25, 0.3) is 0 Å². The first-order valence-corrected chi connectivity index (χ1v) is 5.50. The van der Waals surface area contributed by atoms with Crippen molar-refractivity contribution in [2.24, 2.45) is 5.73 Å². The van der Waals surface area contributed by atoms with Crippen LogP contribution in [0.15, 0.2) is 42.7 Å². The van der Waals surface area contributed by atoms with Gasteiger partial charge in [0.05, 0.1) is 18.4 Å². The standard InChI is InChI=1S/C12H13N5O/c13-10(8-9-4-2-1-3-5-9)11(18)16-12-14-6-7-15-17-12/h1-7,10H,8,13H2,(H,14,16,17,18)/t10-/m0/s1. The summed E-state index contributed by atoms with van der Waals surface area (Å²) in [6.07, 6.45) is 3.35. The van der Waals surface area contributed by atoms with E-state index in [0.717, 1.165) is 5.56 Å². The molecule has 0 unspecified atom stereocenters. The lowest BCUT2D eigenvalue weighted by molar-refractivity contribution is -0.117. The summed E-state index contributed by atoms with van der Waals surface area (Å²) in [5, 5.41) is 9.79. The predicted molar refractivity (Wildman–Crippen MR) is 66.6 cm³/mol. The maximum absolute atomic E-state index is 11.8. The van der Waals surface area contributed by atoms with Crippen molar-refractivity contribution >= 4 is 11.9 Å².